The maximum Gasteiger partial charge on any atom is 0.123 e. The predicted molar refractivity (Wildman–Crippen MR) is 68.8 cm³/mol. The van der Waals surface area contributed by atoms with E-state index in [1.54, 1.807) is 12.1 Å². The minimum Gasteiger partial charge on any atom is -0.384 e. The zero-order valence-electron chi connectivity index (χ0n) is 9.60. The molecule has 18 heavy (non-hydrogen) atoms. The van der Waals surface area contributed by atoms with Crippen LogP contribution >= 0.6 is 0 Å². The van der Waals surface area contributed by atoms with Gasteiger partial charge in [-0.25, -0.2) is 4.39 Å². The third-order valence-corrected chi connectivity index (χ3v) is 3.06. The fourth-order valence-electron chi connectivity index (χ4n) is 2.11. The highest BCUT2D eigenvalue weighted by atomic mass is 19.1. The van der Waals surface area contributed by atoms with Gasteiger partial charge in [0.1, 0.15) is 11.9 Å². The molecule has 0 aliphatic heterocycles. The monoisotopic (exact) mass is 241 g/mol. The normalized spacial score (nSPS) is 12.8. The van der Waals surface area contributed by atoms with E-state index in [2.05, 4.69) is 4.98 Å². The van der Waals surface area contributed by atoms with Crippen molar-refractivity contribution in [2.24, 2.45) is 0 Å². The molecule has 90 valence electrons. The number of fused-ring (bicyclic) bond motifs is 1. The first-order chi connectivity index (χ1) is 8.74. The Morgan fingerprint density at radius 3 is 2.67 bits per heavy atom. The van der Waals surface area contributed by atoms with Crippen molar-refractivity contribution in [3.05, 3.63) is 71.7 Å². The van der Waals surface area contributed by atoms with Gasteiger partial charge in [-0.1, -0.05) is 18.2 Å². The first-order valence-corrected chi connectivity index (χ1v) is 5.74. The highest BCUT2D eigenvalue weighted by Crippen LogP contribution is 2.25. The molecular weight excluding hydrogens is 229 g/mol. The summed E-state index contributed by atoms with van der Waals surface area (Å²) in [5, 5.41) is 11.3. The van der Waals surface area contributed by atoms with E-state index in [9.17, 15) is 9.50 Å². The van der Waals surface area contributed by atoms with Gasteiger partial charge in [0.25, 0.3) is 0 Å². The van der Waals surface area contributed by atoms with Crippen molar-refractivity contribution in [3.63, 3.8) is 0 Å². The fourth-order valence-corrected chi connectivity index (χ4v) is 2.11. The summed E-state index contributed by atoms with van der Waals surface area (Å²) in [5.74, 6) is -0.339. The molecule has 0 spiro atoms. The van der Waals surface area contributed by atoms with E-state index in [-0.39, 0.29) is 5.82 Å². The van der Waals surface area contributed by atoms with Gasteiger partial charge in [-0.2, -0.15) is 0 Å². The largest absolute Gasteiger partial charge is 0.384 e. The van der Waals surface area contributed by atoms with Crippen molar-refractivity contribution in [2.75, 3.05) is 0 Å². The van der Waals surface area contributed by atoms with Crippen LogP contribution in [0.25, 0.3) is 10.9 Å². The lowest BCUT2D eigenvalue weighted by Gasteiger charge is -2.11. The van der Waals surface area contributed by atoms with Crippen LogP contribution in [0.4, 0.5) is 4.39 Å². The smallest absolute Gasteiger partial charge is 0.123 e. The van der Waals surface area contributed by atoms with Crippen LogP contribution in [0.5, 0.6) is 0 Å². The Bertz CT molecular complexity index is 690. The number of H-pyrrole nitrogens is 1. The van der Waals surface area contributed by atoms with E-state index in [0.29, 0.717) is 5.56 Å². The summed E-state index contributed by atoms with van der Waals surface area (Å²) >= 11 is 0. The van der Waals surface area contributed by atoms with Gasteiger partial charge in [-0.05, 0) is 46.8 Å². The van der Waals surface area contributed by atoms with E-state index >= 15 is 0 Å². The molecule has 1 aromatic heterocycles. The SMILES string of the molecule is OC(c1cccc(F)c1)c1ccc2[nH]ccc2c1. The first kappa shape index (κ1) is 11.0. The van der Waals surface area contributed by atoms with Gasteiger partial charge in [-0.15, -0.1) is 0 Å². The Morgan fingerprint density at radius 1 is 1.00 bits per heavy atom. The van der Waals surface area contributed by atoms with Gasteiger partial charge in [0.2, 0.25) is 0 Å². The van der Waals surface area contributed by atoms with Crippen molar-refractivity contribution >= 4 is 10.9 Å². The average molecular weight is 241 g/mol. The van der Waals surface area contributed by atoms with Crippen LogP contribution in [0.3, 0.4) is 0 Å². The fraction of sp³-hybridized carbons (Fsp3) is 0.0667. The van der Waals surface area contributed by atoms with Crippen LogP contribution in [0.2, 0.25) is 0 Å². The Hall–Kier alpha value is -2.13. The van der Waals surface area contributed by atoms with Crippen LogP contribution in [0.1, 0.15) is 17.2 Å². The van der Waals surface area contributed by atoms with Crippen LogP contribution in [0, 0.1) is 5.82 Å². The second-order valence-electron chi connectivity index (χ2n) is 4.28. The summed E-state index contributed by atoms with van der Waals surface area (Å²) < 4.78 is 13.1. The van der Waals surface area contributed by atoms with Crippen molar-refractivity contribution in [1.82, 2.24) is 4.98 Å². The molecule has 1 heterocycles. The molecular formula is C15H12FNO. The summed E-state index contributed by atoms with van der Waals surface area (Å²) in [5.41, 5.74) is 2.34. The van der Waals surface area contributed by atoms with Crippen LogP contribution < -0.4 is 0 Å². The molecule has 0 radical (unpaired) electrons. The van der Waals surface area contributed by atoms with Gasteiger partial charge in [0.15, 0.2) is 0 Å². The molecule has 1 unspecified atom stereocenters. The lowest BCUT2D eigenvalue weighted by molar-refractivity contribution is 0.220. The van der Waals surface area contributed by atoms with Crippen molar-refractivity contribution in [2.45, 2.75) is 6.10 Å². The van der Waals surface area contributed by atoms with E-state index in [1.165, 1.54) is 12.1 Å². The van der Waals surface area contributed by atoms with E-state index < -0.39 is 6.10 Å². The van der Waals surface area contributed by atoms with Gasteiger partial charge >= 0.3 is 0 Å². The number of halogens is 1. The van der Waals surface area contributed by atoms with E-state index in [1.807, 2.05) is 30.5 Å². The molecule has 0 aliphatic rings. The molecule has 2 nitrogen and oxygen atoms in total. The second-order valence-corrected chi connectivity index (χ2v) is 4.28. The Kier molecular flexibility index (Phi) is 2.61. The van der Waals surface area contributed by atoms with Gasteiger partial charge in [0, 0.05) is 11.7 Å². The van der Waals surface area contributed by atoms with Gasteiger partial charge in [0.05, 0.1) is 0 Å². The minimum atomic E-state index is -0.806. The van der Waals surface area contributed by atoms with Crippen LogP contribution in [0.15, 0.2) is 54.7 Å². The van der Waals surface area contributed by atoms with Crippen LogP contribution in [-0.2, 0) is 0 Å². The number of nitrogens with one attached hydrogen (secondary N) is 1. The highest BCUT2D eigenvalue weighted by Gasteiger charge is 2.11. The Labute approximate surface area is 104 Å². The topological polar surface area (TPSA) is 36.0 Å². The summed E-state index contributed by atoms with van der Waals surface area (Å²) in [6.07, 6.45) is 1.04. The second kappa shape index (κ2) is 4.27. The molecule has 1 atom stereocenters. The highest BCUT2D eigenvalue weighted by molar-refractivity contribution is 5.80. The molecule has 0 saturated heterocycles. The van der Waals surface area contributed by atoms with Crippen molar-refractivity contribution < 1.29 is 9.50 Å². The molecule has 0 bridgehead atoms. The van der Waals surface area contributed by atoms with Crippen molar-refractivity contribution in [1.29, 1.82) is 0 Å². The summed E-state index contributed by atoms with van der Waals surface area (Å²) in [6.45, 7) is 0. The summed E-state index contributed by atoms with van der Waals surface area (Å²) in [7, 11) is 0. The molecule has 0 amide bonds. The van der Waals surface area contributed by atoms with E-state index in [0.717, 1.165) is 16.5 Å². The maximum absolute atomic E-state index is 13.1. The third kappa shape index (κ3) is 1.89. The average Bonchev–Trinajstić information content (AvgIpc) is 2.85. The number of rotatable bonds is 2. The molecule has 3 rings (SSSR count). The number of hydrogen-bond acceptors (Lipinski definition) is 1. The molecule has 0 aliphatic carbocycles. The van der Waals surface area contributed by atoms with E-state index in [4.69, 9.17) is 0 Å². The van der Waals surface area contributed by atoms with Gasteiger partial charge in [-0.3, -0.25) is 0 Å². The quantitative estimate of drug-likeness (QED) is 0.708. The predicted octanol–water partition coefficient (Wildman–Crippen LogP) is 3.39. The zero-order valence-corrected chi connectivity index (χ0v) is 9.60. The Balaban J connectivity index is 2.02. The van der Waals surface area contributed by atoms with Crippen molar-refractivity contribution in [3.8, 4) is 0 Å². The number of aliphatic hydroxyl groups is 1. The lowest BCUT2D eigenvalue weighted by Crippen LogP contribution is -1.99. The molecule has 0 saturated carbocycles. The number of aliphatic hydroxyl groups excluding tert-OH is 1. The zero-order chi connectivity index (χ0) is 12.5. The third-order valence-electron chi connectivity index (χ3n) is 3.06. The number of benzene rings is 2. The molecule has 2 aromatic carbocycles. The first-order valence-electron chi connectivity index (χ1n) is 5.74. The van der Waals surface area contributed by atoms with Crippen LogP contribution in [-0.4, -0.2) is 10.1 Å². The molecule has 0 fully saturated rings. The standard InChI is InChI=1S/C15H12FNO/c16-13-3-1-2-11(9-13)15(18)12-4-5-14-10(8-12)6-7-17-14/h1-9,15,17-18H. The molecule has 2 N–H and O–H groups in total. The number of hydrogen-bond donors (Lipinski definition) is 2. The summed E-state index contributed by atoms with van der Waals surface area (Å²) in [6, 6.07) is 13.6. The summed E-state index contributed by atoms with van der Waals surface area (Å²) in [4.78, 5) is 3.09. The molecule has 3 heteroatoms. The molecule has 3 aromatic rings. The minimum absolute atomic E-state index is 0.339. The lowest BCUT2D eigenvalue weighted by atomic mass is 10.0. The number of aromatic amines is 1. The Morgan fingerprint density at radius 2 is 1.83 bits per heavy atom. The maximum atomic E-state index is 13.1. The van der Waals surface area contributed by atoms with Gasteiger partial charge < -0.3 is 10.1 Å². The number of aromatic nitrogens is 1.